The van der Waals surface area contributed by atoms with Gasteiger partial charge < -0.3 is 5.32 Å². The molecule has 0 spiro atoms. The number of aromatic nitrogens is 2. The Kier molecular flexibility index (Phi) is 4.58. The van der Waals surface area contributed by atoms with E-state index in [9.17, 15) is 4.79 Å². The van der Waals surface area contributed by atoms with Gasteiger partial charge in [-0.1, -0.05) is 6.92 Å². The molecule has 17 heavy (non-hydrogen) atoms. The molecule has 0 fully saturated rings. The van der Waals surface area contributed by atoms with Crippen molar-refractivity contribution in [3.63, 3.8) is 0 Å². The number of nitrogens with zero attached hydrogens (tertiary/aromatic N) is 3. The molecule has 0 aliphatic heterocycles. The summed E-state index contributed by atoms with van der Waals surface area (Å²) in [5, 5.41) is 19.2. The van der Waals surface area contributed by atoms with Crippen molar-refractivity contribution in [3.8, 4) is 6.07 Å². The monoisotopic (exact) mass is 232 g/mol. The maximum Gasteiger partial charge on any atom is 0.253 e. The smallest absolute Gasteiger partial charge is 0.253 e. The molecule has 1 unspecified atom stereocenters. The van der Waals surface area contributed by atoms with Gasteiger partial charge in [-0.2, -0.15) is 15.5 Å². The Balaban J connectivity index is 2.82. The van der Waals surface area contributed by atoms with E-state index in [0.717, 1.165) is 6.42 Å². The van der Waals surface area contributed by atoms with Crippen LogP contribution in [0.5, 0.6) is 0 Å². The fourth-order valence-corrected chi connectivity index (χ4v) is 1.45. The summed E-state index contributed by atoms with van der Waals surface area (Å²) < 4.78 is 0. The molecule has 1 amide bonds. The number of rotatable bonds is 4. The Morgan fingerprint density at radius 3 is 2.82 bits per heavy atom. The second-order valence-electron chi connectivity index (χ2n) is 3.93. The van der Waals surface area contributed by atoms with Gasteiger partial charge in [0.05, 0.1) is 29.4 Å². The maximum atomic E-state index is 12.0. The number of aryl methyl sites for hydroxylation is 2. The molecule has 0 aliphatic rings. The van der Waals surface area contributed by atoms with Crippen molar-refractivity contribution in [3.05, 3.63) is 23.0 Å². The Hall–Kier alpha value is -1.96. The first-order valence-corrected chi connectivity index (χ1v) is 5.57. The molecule has 0 saturated carbocycles. The van der Waals surface area contributed by atoms with Crippen molar-refractivity contribution in [1.82, 2.24) is 15.5 Å². The first kappa shape index (κ1) is 13.1. The largest absolute Gasteiger partial charge is 0.348 e. The van der Waals surface area contributed by atoms with Gasteiger partial charge in [0, 0.05) is 6.04 Å². The molecule has 1 aromatic rings. The first-order chi connectivity index (χ1) is 8.08. The summed E-state index contributed by atoms with van der Waals surface area (Å²) in [6, 6.07) is 3.65. The summed E-state index contributed by atoms with van der Waals surface area (Å²) in [5.41, 5.74) is 1.82. The molecule has 5 nitrogen and oxygen atoms in total. The van der Waals surface area contributed by atoms with Crippen LogP contribution in [0.3, 0.4) is 0 Å². The lowest BCUT2D eigenvalue weighted by molar-refractivity contribution is 0.0935. The standard InChI is InChI=1S/C12H16N4O/c1-4-10(5-6-13)14-12(17)11-7-8(2)15-16-9(11)3/h7,10H,4-5H2,1-3H3,(H,14,17). The number of hydrogen-bond donors (Lipinski definition) is 1. The van der Waals surface area contributed by atoms with Crippen LogP contribution in [0.1, 0.15) is 41.5 Å². The van der Waals surface area contributed by atoms with Crippen LogP contribution in [0.2, 0.25) is 0 Å². The second-order valence-corrected chi connectivity index (χ2v) is 3.93. The maximum absolute atomic E-state index is 12.0. The second kappa shape index (κ2) is 5.94. The van der Waals surface area contributed by atoms with E-state index >= 15 is 0 Å². The summed E-state index contributed by atoms with van der Waals surface area (Å²) in [6.07, 6.45) is 1.05. The molecule has 90 valence electrons. The van der Waals surface area contributed by atoms with Gasteiger partial charge in [0.2, 0.25) is 0 Å². The molecule has 5 heteroatoms. The van der Waals surface area contributed by atoms with Gasteiger partial charge in [-0.3, -0.25) is 4.79 Å². The molecule has 0 radical (unpaired) electrons. The number of nitrogens with one attached hydrogen (secondary N) is 1. The Labute approximate surface area is 101 Å². The van der Waals surface area contributed by atoms with Crippen LogP contribution >= 0.6 is 0 Å². The van der Waals surface area contributed by atoms with E-state index in [-0.39, 0.29) is 11.9 Å². The van der Waals surface area contributed by atoms with Gasteiger partial charge >= 0.3 is 0 Å². The number of amides is 1. The molecule has 1 rings (SSSR count). The van der Waals surface area contributed by atoms with E-state index in [4.69, 9.17) is 5.26 Å². The van der Waals surface area contributed by atoms with E-state index < -0.39 is 0 Å². The van der Waals surface area contributed by atoms with Gasteiger partial charge in [0.25, 0.3) is 5.91 Å². The van der Waals surface area contributed by atoms with Crippen LogP contribution in [-0.4, -0.2) is 22.1 Å². The van der Waals surface area contributed by atoms with E-state index in [1.165, 1.54) is 0 Å². The van der Waals surface area contributed by atoms with Gasteiger partial charge in [0.15, 0.2) is 0 Å². The molecule has 1 heterocycles. The molecule has 1 aromatic heterocycles. The first-order valence-electron chi connectivity index (χ1n) is 5.57. The van der Waals surface area contributed by atoms with Crippen LogP contribution in [0.4, 0.5) is 0 Å². The van der Waals surface area contributed by atoms with Crippen LogP contribution in [0.15, 0.2) is 6.07 Å². The molecular formula is C12H16N4O. The van der Waals surface area contributed by atoms with E-state index in [0.29, 0.717) is 23.4 Å². The summed E-state index contributed by atoms with van der Waals surface area (Å²) >= 11 is 0. The van der Waals surface area contributed by atoms with E-state index in [1.807, 2.05) is 6.92 Å². The quantitative estimate of drug-likeness (QED) is 0.853. The Morgan fingerprint density at radius 1 is 1.53 bits per heavy atom. The zero-order valence-corrected chi connectivity index (χ0v) is 10.3. The summed E-state index contributed by atoms with van der Waals surface area (Å²) in [5.74, 6) is -0.192. The van der Waals surface area contributed by atoms with Crippen molar-refractivity contribution in [2.75, 3.05) is 0 Å². The molecule has 1 N–H and O–H groups in total. The van der Waals surface area contributed by atoms with Gasteiger partial charge in [-0.15, -0.1) is 0 Å². The van der Waals surface area contributed by atoms with Crippen molar-refractivity contribution >= 4 is 5.91 Å². The topological polar surface area (TPSA) is 78.7 Å². The molecule has 0 aromatic carbocycles. The fourth-order valence-electron chi connectivity index (χ4n) is 1.45. The van der Waals surface area contributed by atoms with Crippen LogP contribution < -0.4 is 5.32 Å². The van der Waals surface area contributed by atoms with Crippen LogP contribution in [0.25, 0.3) is 0 Å². The summed E-state index contributed by atoms with van der Waals surface area (Å²) in [7, 11) is 0. The normalized spacial score (nSPS) is 11.6. The lowest BCUT2D eigenvalue weighted by Gasteiger charge is -2.14. The number of hydrogen-bond acceptors (Lipinski definition) is 4. The number of carbonyl (C=O) groups is 1. The lowest BCUT2D eigenvalue weighted by Crippen LogP contribution is -2.34. The van der Waals surface area contributed by atoms with Crippen molar-refractivity contribution < 1.29 is 4.79 Å². The highest BCUT2D eigenvalue weighted by Crippen LogP contribution is 2.07. The molecule has 0 aliphatic carbocycles. The summed E-state index contributed by atoms with van der Waals surface area (Å²) in [6.45, 7) is 5.47. The van der Waals surface area contributed by atoms with Crippen molar-refractivity contribution in [1.29, 1.82) is 5.26 Å². The van der Waals surface area contributed by atoms with E-state index in [1.54, 1.807) is 19.9 Å². The predicted octanol–water partition coefficient (Wildman–Crippen LogP) is 1.52. The Morgan fingerprint density at radius 2 is 2.24 bits per heavy atom. The van der Waals surface area contributed by atoms with Crippen molar-refractivity contribution in [2.45, 2.75) is 39.7 Å². The minimum atomic E-state index is -0.192. The molecule has 0 saturated heterocycles. The summed E-state index contributed by atoms with van der Waals surface area (Å²) in [4.78, 5) is 12.0. The highest BCUT2D eigenvalue weighted by molar-refractivity contribution is 5.95. The van der Waals surface area contributed by atoms with Gasteiger partial charge in [0.1, 0.15) is 0 Å². The average Bonchev–Trinajstić information content (AvgIpc) is 2.31. The lowest BCUT2D eigenvalue weighted by atomic mass is 10.1. The minimum absolute atomic E-state index is 0.111. The third kappa shape index (κ3) is 3.52. The minimum Gasteiger partial charge on any atom is -0.348 e. The zero-order chi connectivity index (χ0) is 12.8. The predicted molar refractivity (Wildman–Crippen MR) is 63.3 cm³/mol. The third-order valence-corrected chi connectivity index (χ3v) is 2.51. The fraction of sp³-hybridized carbons (Fsp3) is 0.500. The van der Waals surface area contributed by atoms with Crippen molar-refractivity contribution in [2.24, 2.45) is 0 Å². The third-order valence-electron chi connectivity index (χ3n) is 2.51. The zero-order valence-electron chi connectivity index (χ0n) is 10.3. The van der Waals surface area contributed by atoms with Gasteiger partial charge in [-0.05, 0) is 26.3 Å². The number of carbonyl (C=O) groups excluding carboxylic acids is 1. The Bertz CT molecular complexity index is 450. The molecular weight excluding hydrogens is 216 g/mol. The average molecular weight is 232 g/mol. The SMILES string of the molecule is CCC(CC#N)NC(=O)c1cc(C)nnc1C. The molecule has 0 bridgehead atoms. The van der Waals surface area contributed by atoms with Crippen LogP contribution in [-0.2, 0) is 0 Å². The molecule has 1 atom stereocenters. The van der Waals surface area contributed by atoms with Crippen LogP contribution in [0, 0.1) is 25.2 Å². The highest BCUT2D eigenvalue weighted by atomic mass is 16.1. The highest BCUT2D eigenvalue weighted by Gasteiger charge is 2.15. The van der Waals surface area contributed by atoms with Gasteiger partial charge in [-0.25, -0.2) is 0 Å². The number of nitriles is 1. The van der Waals surface area contributed by atoms with E-state index in [2.05, 4.69) is 21.6 Å².